The van der Waals surface area contributed by atoms with Gasteiger partial charge in [0.25, 0.3) is 17.5 Å². The number of anilines is 2. The third kappa shape index (κ3) is 5.23. The Balaban J connectivity index is 1.30. The number of rotatable bonds is 9. The molecule has 2 N–H and O–H groups in total. The molecule has 6 atom stereocenters. The van der Waals surface area contributed by atoms with Crippen LogP contribution < -0.4 is 15.1 Å². The van der Waals surface area contributed by atoms with Crippen molar-refractivity contribution in [3.05, 3.63) is 142 Å². The number of allylic oxidation sites excluding steroid dienone is 2. The van der Waals surface area contributed by atoms with Crippen molar-refractivity contribution in [2.75, 3.05) is 23.5 Å². The predicted octanol–water partition coefficient (Wildman–Crippen LogP) is 5.46. The fourth-order valence-electron chi connectivity index (χ4n) is 9.08. The smallest absolute Gasteiger partial charge is 0.269 e. The highest BCUT2D eigenvalue weighted by molar-refractivity contribution is 6.22. The highest BCUT2D eigenvalue weighted by atomic mass is 16.6. The fourth-order valence-corrected chi connectivity index (χ4v) is 9.08. The molecule has 2 aliphatic carbocycles. The number of hydrogen-bond donors (Lipinski definition) is 2. The number of benzene rings is 4. The Morgan fingerprint density at radius 2 is 1.57 bits per heavy atom. The van der Waals surface area contributed by atoms with Crippen molar-refractivity contribution in [3.8, 4) is 5.75 Å². The van der Waals surface area contributed by atoms with Crippen LogP contribution in [-0.2, 0) is 24.6 Å². The number of non-ortho nitro benzene ring substituents is 1. The molecule has 8 rings (SSSR count). The van der Waals surface area contributed by atoms with Crippen molar-refractivity contribution in [2.45, 2.75) is 31.1 Å². The lowest BCUT2D eigenvalue weighted by molar-refractivity contribution is -0.384. The quantitative estimate of drug-likeness (QED) is 0.0994. The highest BCUT2D eigenvalue weighted by Gasteiger charge is 2.70. The summed E-state index contributed by atoms with van der Waals surface area (Å²) < 4.78 is 6.09. The molecule has 3 fully saturated rings. The number of hydrazine groups is 1. The standard InChI is InChI=1S/C41H36N4O8/c1-24-11-13-26(14-12-24)42-44-38(48)33-23-32-29(19-20-31-35(32)39(49)43(37(31)47)27-15-17-28(18-16-27)45(51)52)36(30-9-5-6-10-34(30)53-22-21-46)41(33,40(44)50)25-7-3-2-4-8-25/h2-19,31-33,35-36,42,46H,20-23H2,1H3. The van der Waals surface area contributed by atoms with Gasteiger partial charge in [0.05, 0.1) is 46.1 Å². The molecule has 1 saturated carbocycles. The number of nitrogens with one attached hydrogen (secondary N) is 1. The summed E-state index contributed by atoms with van der Waals surface area (Å²) in [6.45, 7) is 1.68. The SMILES string of the molecule is Cc1ccc(NN2C(=O)C3CC4C(=CCC5C(=O)N(c6ccc([N+](=O)[O-])cc6)C(=O)C54)C(c4ccccc4OCCO)C3(c3ccccc3)C2=O)cc1. The lowest BCUT2D eigenvalue weighted by Crippen LogP contribution is -2.53. The van der Waals surface area contributed by atoms with E-state index in [2.05, 4.69) is 5.43 Å². The molecule has 4 aliphatic rings. The third-order valence-electron chi connectivity index (χ3n) is 11.3. The third-order valence-corrected chi connectivity index (χ3v) is 11.3. The summed E-state index contributed by atoms with van der Waals surface area (Å²) in [6, 6.07) is 29.1. The van der Waals surface area contributed by atoms with E-state index in [0.29, 0.717) is 22.6 Å². The fraction of sp³-hybridized carbons (Fsp3) is 0.268. The van der Waals surface area contributed by atoms with Crippen LogP contribution in [0.5, 0.6) is 5.75 Å². The molecule has 0 bridgehead atoms. The number of amides is 4. The number of fused-ring (bicyclic) bond motifs is 4. The number of nitro benzene ring substituents is 1. The molecule has 2 saturated heterocycles. The number of hydrogen-bond acceptors (Lipinski definition) is 9. The van der Waals surface area contributed by atoms with Crippen molar-refractivity contribution in [2.24, 2.45) is 23.7 Å². The van der Waals surface area contributed by atoms with Crippen LogP contribution in [0, 0.1) is 40.7 Å². The van der Waals surface area contributed by atoms with E-state index < -0.39 is 63.6 Å². The zero-order valence-corrected chi connectivity index (χ0v) is 28.8. The summed E-state index contributed by atoms with van der Waals surface area (Å²) in [5.74, 6) is -5.29. The second-order valence-corrected chi connectivity index (χ2v) is 14.0. The number of carbonyl (C=O) groups is 4. The second kappa shape index (κ2) is 13.1. The molecule has 0 aromatic heterocycles. The number of aliphatic hydroxyl groups is 1. The van der Waals surface area contributed by atoms with E-state index in [4.69, 9.17) is 4.74 Å². The number of para-hydroxylation sites is 1. The average molecular weight is 713 g/mol. The molecule has 2 heterocycles. The minimum atomic E-state index is -1.48. The van der Waals surface area contributed by atoms with E-state index in [1.54, 1.807) is 24.3 Å². The predicted molar refractivity (Wildman–Crippen MR) is 193 cm³/mol. The molecule has 0 radical (unpaired) electrons. The largest absolute Gasteiger partial charge is 0.491 e. The van der Waals surface area contributed by atoms with Crippen molar-refractivity contribution >= 4 is 40.7 Å². The van der Waals surface area contributed by atoms with Gasteiger partial charge in [0.2, 0.25) is 11.8 Å². The molecular formula is C41H36N4O8. The maximum Gasteiger partial charge on any atom is 0.269 e. The molecule has 4 aromatic rings. The topological polar surface area (TPSA) is 159 Å². The lowest BCUT2D eigenvalue weighted by Gasteiger charge is -2.50. The van der Waals surface area contributed by atoms with Crippen LogP contribution in [0.2, 0.25) is 0 Å². The summed E-state index contributed by atoms with van der Waals surface area (Å²) in [5, 5.41) is 22.2. The van der Waals surface area contributed by atoms with Gasteiger partial charge < -0.3 is 9.84 Å². The van der Waals surface area contributed by atoms with E-state index in [9.17, 15) is 29.6 Å². The van der Waals surface area contributed by atoms with Gasteiger partial charge in [-0.1, -0.05) is 77.9 Å². The van der Waals surface area contributed by atoms with Crippen LogP contribution in [0.25, 0.3) is 0 Å². The summed E-state index contributed by atoms with van der Waals surface area (Å²) in [6.07, 6.45) is 2.28. The van der Waals surface area contributed by atoms with E-state index in [1.807, 2.05) is 67.6 Å². The Labute approximate surface area is 304 Å². The van der Waals surface area contributed by atoms with Crippen molar-refractivity contribution < 1.29 is 33.9 Å². The Morgan fingerprint density at radius 1 is 0.868 bits per heavy atom. The average Bonchev–Trinajstić information content (AvgIpc) is 3.56. The number of nitro groups is 1. The van der Waals surface area contributed by atoms with Crippen LogP contribution in [0.3, 0.4) is 0 Å². The normalized spacial score (nSPS) is 26.2. The van der Waals surface area contributed by atoms with Crippen molar-refractivity contribution in [3.63, 3.8) is 0 Å². The summed E-state index contributed by atoms with van der Waals surface area (Å²) in [7, 11) is 0. The Morgan fingerprint density at radius 3 is 2.26 bits per heavy atom. The van der Waals surface area contributed by atoms with Crippen LogP contribution in [0.1, 0.15) is 35.4 Å². The molecule has 53 heavy (non-hydrogen) atoms. The first-order chi connectivity index (χ1) is 25.7. The number of carbonyl (C=O) groups excluding carboxylic acids is 4. The molecule has 4 aromatic carbocycles. The maximum absolute atomic E-state index is 15.3. The second-order valence-electron chi connectivity index (χ2n) is 14.0. The number of ether oxygens (including phenoxy) is 1. The van der Waals surface area contributed by atoms with E-state index in [-0.39, 0.29) is 37.4 Å². The first-order valence-corrected chi connectivity index (χ1v) is 17.6. The molecule has 12 nitrogen and oxygen atoms in total. The van der Waals surface area contributed by atoms with E-state index >= 15 is 4.79 Å². The first-order valence-electron chi connectivity index (χ1n) is 17.6. The Hall–Kier alpha value is -6.14. The molecule has 12 heteroatoms. The summed E-state index contributed by atoms with van der Waals surface area (Å²) in [4.78, 5) is 70.6. The van der Waals surface area contributed by atoms with E-state index in [0.717, 1.165) is 21.0 Å². The van der Waals surface area contributed by atoms with Gasteiger partial charge in [0.15, 0.2) is 0 Å². The number of imide groups is 2. The molecule has 0 spiro atoms. The monoisotopic (exact) mass is 712 g/mol. The summed E-state index contributed by atoms with van der Waals surface area (Å²) in [5.41, 5.74) is 5.24. The van der Waals surface area contributed by atoms with Gasteiger partial charge in [-0.15, -0.1) is 0 Å². The number of aliphatic hydroxyl groups excluding tert-OH is 1. The lowest BCUT2D eigenvalue weighted by atomic mass is 9.49. The van der Waals surface area contributed by atoms with Crippen LogP contribution in [0.4, 0.5) is 17.1 Å². The van der Waals surface area contributed by atoms with Gasteiger partial charge in [-0.3, -0.25) is 39.6 Å². The Bertz CT molecular complexity index is 2170. The molecule has 2 aliphatic heterocycles. The van der Waals surface area contributed by atoms with Gasteiger partial charge in [-0.2, -0.15) is 5.01 Å². The van der Waals surface area contributed by atoms with Gasteiger partial charge in [0.1, 0.15) is 12.4 Å². The van der Waals surface area contributed by atoms with Crippen molar-refractivity contribution in [1.82, 2.24) is 5.01 Å². The molecule has 6 unspecified atom stereocenters. The molecule has 4 amide bonds. The van der Waals surface area contributed by atoms with Gasteiger partial charge in [0, 0.05) is 23.6 Å². The maximum atomic E-state index is 15.3. The van der Waals surface area contributed by atoms with E-state index in [1.165, 1.54) is 24.3 Å². The first kappa shape index (κ1) is 34.0. The van der Waals surface area contributed by atoms with Gasteiger partial charge >= 0.3 is 0 Å². The Kier molecular flexibility index (Phi) is 8.41. The van der Waals surface area contributed by atoms with Crippen LogP contribution >= 0.6 is 0 Å². The highest BCUT2D eigenvalue weighted by Crippen LogP contribution is 2.65. The van der Waals surface area contributed by atoms with Gasteiger partial charge in [-0.25, -0.2) is 0 Å². The summed E-state index contributed by atoms with van der Waals surface area (Å²) >= 11 is 0. The van der Waals surface area contributed by atoms with Crippen LogP contribution in [-0.4, -0.2) is 51.9 Å². The number of nitrogens with zero attached hydrogens (tertiary/aromatic N) is 3. The minimum absolute atomic E-state index is 0.0101. The van der Waals surface area contributed by atoms with Crippen LogP contribution in [0.15, 0.2) is 115 Å². The minimum Gasteiger partial charge on any atom is -0.491 e. The number of aryl methyl sites for hydroxylation is 1. The van der Waals surface area contributed by atoms with Crippen molar-refractivity contribution in [1.29, 1.82) is 0 Å². The zero-order chi connectivity index (χ0) is 37.0. The molecular weight excluding hydrogens is 676 g/mol. The zero-order valence-electron chi connectivity index (χ0n) is 28.8. The molecule has 268 valence electrons. The van der Waals surface area contributed by atoms with Gasteiger partial charge in [-0.05, 0) is 61.6 Å².